The molecule has 0 aliphatic carbocycles. The van der Waals surface area contributed by atoms with E-state index in [0.717, 1.165) is 18.0 Å². The molecule has 158 valence electrons. The molecule has 0 saturated heterocycles. The van der Waals surface area contributed by atoms with Crippen LogP contribution in [0.25, 0.3) is 11.5 Å². The summed E-state index contributed by atoms with van der Waals surface area (Å²) in [6, 6.07) is 13.7. The zero-order valence-corrected chi connectivity index (χ0v) is 17.9. The molecule has 2 aromatic carbocycles. The molecular formula is C19H20N4O5S2. The first-order chi connectivity index (χ1) is 14.3. The van der Waals surface area contributed by atoms with Crippen LogP contribution in [-0.4, -0.2) is 43.1 Å². The SMILES string of the molecule is CCOc1ccccc1NC(=O)CSc1nnc(-c2ccc(NS(C)(=O)=O)cc2)o1. The average Bonchev–Trinajstić information content (AvgIpc) is 3.17. The number of anilines is 2. The van der Waals surface area contributed by atoms with Crippen molar-refractivity contribution in [3.05, 3.63) is 48.5 Å². The number of thioether (sulfide) groups is 1. The number of hydrogen-bond donors (Lipinski definition) is 2. The molecule has 0 radical (unpaired) electrons. The number of aromatic nitrogens is 2. The Morgan fingerprint density at radius 1 is 1.13 bits per heavy atom. The lowest BCUT2D eigenvalue weighted by Crippen LogP contribution is -2.14. The summed E-state index contributed by atoms with van der Waals surface area (Å²) in [5, 5.41) is 10.9. The van der Waals surface area contributed by atoms with Gasteiger partial charge in [-0.3, -0.25) is 9.52 Å². The molecule has 0 spiro atoms. The van der Waals surface area contributed by atoms with Gasteiger partial charge in [0, 0.05) is 11.3 Å². The summed E-state index contributed by atoms with van der Waals surface area (Å²) < 4.78 is 36.0. The largest absolute Gasteiger partial charge is 0.492 e. The van der Waals surface area contributed by atoms with E-state index >= 15 is 0 Å². The molecule has 2 N–H and O–H groups in total. The summed E-state index contributed by atoms with van der Waals surface area (Å²) >= 11 is 1.11. The van der Waals surface area contributed by atoms with Crippen molar-refractivity contribution in [1.82, 2.24) is 10.2 Å². The van der Waals surface area contributed by atoms with E-state index in [1.807, 2.05) is 19.1 Å². The Bertz CT molecular complexity index is 1110. The third-order valence-electron chi connectivity index (χ3n) is 3.63. The number of rotatable bonds is 9. The summed E-state index contributed by atoms with van der Waals surface area (Å²) in [6.45, 7) is 2.37. The van der Waals surface area contributed by atoms with Gasteiger partial charge >= 0.3 is 0 Å². The molecule has 1 aromatic heterocycles. The minimum atomic E-state index is -3.35. The van der Waals surface area contributed by atoms with Gasteiger partial charge in [0.05, 0.1) is 24.3 Å². The summed E-state index contributed by atoms with van der Waals surface area (Å²) in [5.74, 6) is 0.722. The lowest BCUT2D eigenvalue weighted by Gasteiger charge is -2.10. The van der Waals surface area contributed by atoms with Gasteiger partial charge in [0.25, 0.3) is 5.22 Å². The third-order valence-corrected chi connectivity index (χ3v) is 5.05. The minimum Gasteiger partial charge on any atom is -0.492 e. The maximum Gasteiger partial charge on any atom is 0.277 e. The van der Waals surface area contributed by atoms with Gasteiger partial charge in [-0.15, -0.1) is 10.2 Å². The van der Waals surface area contributed by atoms with Crippen LogP contribution in [0.4, 0.5) is 11.4 Å². The van der Waals surface area contributed by atoms with Crippen LogP contribution in [0.1, 0.15) is 6.92 Å². The van der Waals surface area contributed by atoms with Crippen LogP contribution in [-0.2, 0) is 14.8 Å². The van der Waals surface area contributed by atoms with Crippen LogP contribution in [0.15, 0.2) is 58.2 Å². The van der Waals surface area contributed by atoms with Crippen LogP contribution in [0.2, 0.25) is 0 Å². The van der Waals surface area contributed by atoms with Crippen molar-refractivity contribution in [1.29, 1.82) is 0 Å². The van der Waals surface area contributed by atoms with Crippen molar-refractivity contribution < 1.29 is 22.4 Å². The summed E-state index contributed by atoms with van der Waals surface area (Å²) in [4.78, 5) is 12.2. The Hall–Kier alpha value is -3.05. The number of amides is 1. The first-order valence-corrected chi connectivity index (χ1v) is 11.8. The summed E-state index contributed by atoms with van der Waals surface area (Å²) in [6.07, 6.45) is 1.08. The Morgan fingerprint density at radius 2 is 1.87 bits per heavy atom. The minimum absolute atomic E-state index is 0.0826. The highest BCUT2D eigenvalue weighted by molar-refractivity contribution is 7.99. The van der Waals surface area contributed by atoms with Gasteiger partial charge in [-0.25, -0.2) is 8.42 Å². The van der Waals surface area contributed by atoms with Crippen molar-refractivity contribution >= 4 is 39.1 Å². The zero-order valence-electron chi connectivity index (χ0n) is 16.3. The van der Waals surface area contributed by atoms with E-state index in [2.05, 4.69) is 20.2 Å². The van der Waals surface area contributed by atoms with Crippen molar-refractivity contribution in [2.75, 3.05) is 28.7 Å². The molecule has 1 amide bonds. The fourth-order valence-electron chi connectivity index (χ4n) is 2.44. The molecule has 30 heavy (non-hydrogen) atoms. The van der Waals surface area contributed by atoms with E-state index in [1.165, 1.54) is 0 Å². The molecule has 0 fully saturated rings. The Morgan fingerprint density at radius 3 is 2.57 bits per heavy atom. The monoisotopic (exact) mass is 448 g/mol. The first-order valence-electron chi connectivity index (χ1n) is 8.90. The molecular weight excluding hydrogens is 428 g/mol. The lowest BCUT2D eigenvalue weighted by atomic mass is 10.2. The quantitative estimate of drug-likeness (QED) is 0.478. The highest BCUT2D eigenvalue weighted by Gasteiger charge is 2.13. The molecule has 1 heterocycles. The molecule has 0 unspecified atom stereocenters. The van der Waals surface area contributed by atoms with Crippen LogP contribution >= 0.6 is 11.8 Å². The number of nitrogens with zero attached hydrogens (tertiary/aromatic N) is 2. The van der Waals surface area contributed by atoms with E-state index in [-0.39, 0.29) is 22.8 Å². The van der Waals surface area contributed by atoms with E-state index in [0.29, 0.717) is 29.3 Å². The molecule has 11 heteroatoms. The number of hydrogen-bond acceptors (Lipinski definition) is 8. The highest BCUT2D eigenvalue weighted by atomic mass is 32.2. The Labute approximate surface area is 178 Å². The maximum absolute atomic E-state index is 12.2. The normalized spacial score (nSPS) is 11.1. The molecule has 0 saturated carbocycles. The van der Waals surface area contributed by atoms with Crippen molar-refractivity contribution in [3.8, 4) is 17.2 Å². The van der Waals surface area contributed by atoms with Gasteiger partial charge in [-0.05, 0) is 43.3 Å². The first kappa shape index (κ1) is 21.7. The van der Waals surface area contributed by atoms with Crippen LogP contribution in [0.5, 0.6) is 5.75 Å². The number of carbonyl (C=O) groups excluding carboxylic acids is 1. The average molecular weight is 449 g/mol. The fourth-order valence-corrected chi connectivity index (χ4v) is 3.57. The second kappa shape index (κ2) is 9.63. The van der Waals surface area contributed by atoms with E-state index in [4.69, 9.17) is 9.15 Å². The topological polar surface area (TPSA) is 123 Å². The second-order valence-corrected chi connectivity index (χ2v) is 8.77. The Balaban J connectivity index is 1.57. The predicted molar refractivity (Wildman–Crippen MR) is 115 cm³/mol. The van der Waals surface area contributed by atoms with Crippen molar-refractivity contribution in [2.45, 2.75) is 12.1 Å². The van der Waals surface area contributed by atoms with Crippen molar-refractivity contribution in [2.24, 2.45) is 0 Å². The number of benzene rings is 2. The fraction of sp³-hybridized carbons (Fsp3) is 0.211. The standard InChI is InChI=1S/C19H20N4O5S2/c1-3-27-16-7-5-4-6-15(16)20-17(24)12-29-19-22-21-18(28-19)13-8-10-14(11-9-13)23-30(2,25)26/h4-11,23H,3,12H2,1-2H3,(H,20,24). The molecule has 0 bridgehead atoms. The molecule has 9 nitrogen and oxygen atoms in total. The molecule has 3 rings (SSSR count). The van der Waals surface area contributed by atoms with Crippen LogP contribution in [0, 0.1) is 0 Å². The molecule has 3 aromatic rings. The summed E-state index contributed by atoms with van der Waals surface area (Å²) in [7, 11) is -3.35. The van der Waals surface area contributed by atoms with Crippen LogP contribution < -0.4 is 14.8 Å². The highest BCUT2D eigenvalue weighted by Crippen LogP contribution is 2.26. The van der Waals surface area contributed by atoms with Gasteiger partial charge in [-0.2, -0.15) is 0 Å². The maximum atomic E-state index is 12.2. The number of para-hydroxylation sites is 2. The number of ether oxygens (including phenoxy) is 1. The van der Waals surface area contributed by atoms with E-state index in [9.17, 15) is 13.2 Å². The second-order valence-electron chi connectivity index (χ2n) is 6.09. The number of nitrogens with one attached hydrogen (secondary N) is 2. The lowest BCUT2D eigenvalue weighted by molar-refractivity contribution is -0.113. The predicted octanol–water partition coefficient (Wildman–Crippen LogP) is 3.24. The van der Waals surface area contributed by atoms with Gasteiger partial charge in [0.15, 0.2) is 0 Å². The van der Waals surface area contributed by atoms with Crippen molar-refractivity contribution in [3.63, 3.8) is 0 Å². The molecule has 0 aliphatic heterocycles. The molecule has 0 aliphatic rings. The third kappa shape index (κ3) is 6.22. The van der Waals surface area contributed by atoms with Gasteiger partial charge in [-0.1, -0.05) is 23.9 Å². The van der Waals surface area contributed by atoms with E-state index < -0.39 is 10.0 Å². The smallest absolute Gasteiger partial charge is 0.277 e. The van der Waals surface area contributed by atoms with Crippen LogP contribution in [0.3, 0.4) is 0 Å². The van der Waals surface area contributed by atoms with Gasteiger partial charge < -0.3 is 14.5 Å². The summed E-state index contributed by atoms with van der Waals surface area (Å²) in [5.41, 5.74) is 1.65. The molecule has 0 atom stereocenters. The number of carbonyl (C=O) groups is 1. The van der Waals surface area contributed by atoms with Gasteiger partial charge in [0.2, 0.25) is 21.8 Å². The van der Waals surface area contributed by atoms with E-state index in [1.54, 1.807) is 36.4 Å². The zero-order chi connectivity index (χ0) is 21.6. The Kier molecular flexibility index (Phi) is 6.95. The number of sulfonamides is 1. The van der Waals surface area contributed by atoms with Gasteiger partial charge in [0.1, 0.15) is 5.75 Å².